The fourth-order valence-corrected chi connectivity index (χ4v) is 3.48. The number of primary amides is 1. The van der Waals surface area contributed by atoms with Crippen LogP contribution in [0.1, 0.15) is 36.4 Å². The van der Waals surface area contributed by atoms with Gasteiger partial charge in [0.2, 0.25) is 17.7 Å². The second-order valence-electron chi connectivity index (χ2n) is 7.01. The monoisotopic (exact) mass is 393 g/mol. The highest BCUT2D eigenvalue weighted by atomic mass is 19.4. The fraction of sp³-hybridized carbons (Fsp3) is 0.421. The van der Waals surface area contributed by atoms with Gasteiger partial charge < -0.3 is 16.0 Å². The Balaban J connectivity index is 1.91. The van der Waals surface area contributed by atoms with Crippen molar-refractivity contribution in [2.45, 2.75) is 44.1 Å². The number of fused-ring (bicyclic) bond motifs is 1. The van der Waals surface area contributed by atoms with Crippen molar-refractivity contribution in [1.82, 2.24) is 10.2 Å². The van der Waals surface area contributed by atoms with Crippen molar-refractivity contribution in [3.63, 3.8) is 0 Å². The summed E-state index contributed by atoms with van der Waals surface area (Å²) in [7, 11) is 0. The molecule has 3 N–H and O–H groups in total. The summed E-state index contributed by atoms with van der Waals surface area (Å²) in [5, 5.41) is 2.43. The van der Waals surface area contributed by atoms with Crippen molar-refractivity contribution < 1.29 is 27.6 Å². The summed E-state index contributed by atoms with van der Waals surface area (Å²) in [6.07, 6.45) is -0.319. The molecule has 1 aliphatic carbocycles. The lowest BCUT2D eigenvalue weighted by Crippen LogP contribution is -2.48. The van der Waals surface area contributed by atoms with E-state index in [9.17, 15) is 27.6 Å². The van der Waals surface area contributed by atoms with E-state index in [1.165, 1.54) is 0 Å². The number of carbonyl (C=O) groups excluding carboxylic acids is 3. The first-order valence-corrected chi connectivity index (χ1v) is 8.61. The van der Waals surface area contributed by atoms with Gasteiger partial charge in [-0.15, -0.1) is 6.42 Å². The Morgan fingerprint density at radius 2 is 1.96 bits per heavy atom. The Hall–Kier alpha value is -3.02. The summed E-state index contributed by atoms with van der Waals surface area (Å²) in [5.74, 6) is -0.404. The van der Waals surface area contributed by atoms with Gasteiger partial charge in [-0.1, -0.05) is 30.2 Å². The Bertz CT molecular complexity index is 871. The maximum atomic E-state index is 13.4. The molecular formula is C19H18F3N3O3. The van der Waals surface area contributed by atoms with Crippen molar-refractivity contribution in [2.24, 2.45) is 11.1 Å². The van der Waals surface area contributed by atoms with Gasteiger partial charge in [-0.25, -0.2) is 0 Å². The molecule has 0 saturated heterocycles. The zero-order valence-electron chi connectivity index (χ0n) is 14.8. The van der Waals surface area contributed by atoms with Crippen LogP contribution >= 0.6 is 0 Å². The Morgan fingerprint density at radius 3 is 2.50 bits per heavy atom. The number of alkyl halides is 3. The SMILES string of the molecule is C#CC(CC(N)=O)NC(=O)[C@@H]1c2ccccc2CN1C(=O)C1(C(F)(F)F)CC1. The first-order valence-electron chi connectivity index (χ1n) is 8.61. The Labute approximate surface area is 159 Å². The van der Waals surface area contributed by atoms with Crippen LogP contribution in [0.25, 0.3) is 0 Å². The van der Waals surface area contributed by atoms with Crippen molar-refractivity contribution >= 4 is 17.7 Å². The maximum absolute atomic E-state index is 13.4. The summed E-state index contributed by atoms with van der Waals surface area (Å²) < 4.78 is 40.3. The van der Waals surface area contributed by atoms with E-state index in [1.807, 2.05) is 0 Å². The van der Waals surface area contributed by atoms with Gasteiger partial charge in [0.25, 0.3) is 0 Å². The van der Waals surface area contributed by atoms with Crippen molar-refractivity contribution in [3.8, 4) is 12.3 Å². The van der Waals surface area contributed by atoms with Crippen LogP contribution in [0, 0.1) is 17.8 Å². The number of terminal acetylenes is 1. The van der Waals surface area contributed by atoms with E-state index in [-0.39, 0.29) is 25.8 Å². The maximum Gasteiger partial charge on any atom is 0.403 e. The Kier molecular flexibility index (Phi) is 4.83. The van der Waals surface area contributed by atoms with E-state index >= 15 is 0 Å². The minimum atomic E-state index is -4.69. The summed E-state index contributed by atoms with van der Waals surface area (Å²) in [4.78, 5) is 37.7. The smallest absolute Gasteiger partial charge is 0.370 e. The van der Waals surface area contributed by atoms with Crippen molar-refractivity contribution in [3.05, 3.63) is 35.4 Å². The summed E-state index contributed by atoms with van der Waals surface area (Å²) in [6.45, 7) is -0.110. The summed E-state index contributed by atoms with van der Waals surface area (Å²) >= 11 is 0. The van der Waals surface area contributed by atoms with Crippen LogP contribution in [0.5, 0.6) is 0 Å². The summed E-state index contributed by atoms with van der Waals surface area (Å²) in [5.41, 5.74) is 3.67. The third-order valence-electron chi connectivity index (χ3n) is 5.14. The molecule has 1 aromatic rings. The molecule has 0 aromatic heterocycles. The fourth-order valence-electron chi connectivity index (χ4n) is 3.48. The first kappa shape index (κ1) is 19.7. The molecule has 1 unspecified atom stereocenters. The third kappa shape index (κ3) is 3.30. The van der Waals surface area contributed by atoms with Crippen LogP contribution in [0.4, 0.5) is 13.2 Å². The van der Waals surface area contributed by atoms with E-state index in [0.717, 1.165) is 4.90 Å². The highest BCUT2D eigenvalue weighted by Gasteiger charge is 2.70. The lowest BCUT2D eigenvalue weighted by Gasteiger charge is -2.30. The number of amides is 3. The molecule has 9 heteroatoms. The van der Waals surface area contributed by atoms with Gasteiger partial charge in [0.15, 0.2) is 0 Å². The van der Waals surface area contributed by atoms with Crippen molar-refractivity contribution in [2.75, 3.05) is 0 Å². The van der Waals surface area contributed by atoms with E-state index in [2.05, 4.69) is 11.2 Å². The number of carbonyl (C=O) groups is 3. The van der Waals surface area contributed by atoms with Crippen LogP contribution in [0.2, 0.25) is 0 Å². The lowest BCUT2D eigenvalue weighted by molar-refractivity contribution is -0.200. The molecule has 3 amide bonds. The molecule has 1 heterocycles. The molecule has 1 saturated carbocycles. The lowest BCUT2D eigenvalue weighted by atomic mass is 10.0. The van der Waals surface area contributed by atoms with Gasteiger partial charge in [-0.05, 0) is 24.0 Å². The normalized spacial score (nSPS) is 20.6. The number of hydrogen-bond donors (Lipinski definition) is 2. The molecule has 1 fully saturated rings. The van der Waals surface area contributed by atoms with E-state index in [4.69, 9.17) is 12.2 Å². The zero-order valence-corrected chi connectivity index (χ0v) is 14.8. The number of nitrogens with zero attached hydrogens (tertiary/aromatic N) is 1. The number of halogens is 3. The van der Waals surface area contributed by atoms with Crippen LogP contribution in [0.3, 0.4) is 0 Å². The molecular weight excluding hydrogens is 375 g/mol. The second kappa shape index (κ2) is 6.86. The van der Waals surface area contributed by atoms with Crippen LogP contribution < -0.4 is 11.1 Å². The molecule has 1 aliphatic heterocycles. The largest absolute Gasteiger partial charge is 0.403 e. The second-order valence-corrected chi connectivity index (χ2v) is 7.01. The summed E-state index contributed by atoms with van der Waals surface area (Å²) in [6, 6.07) is 4.26. The molecule has 148 valence electrons. The van der Waals surface area contributed by atoms with Gasteiger partial charge in [-0.2, -0.15) is 13.2 Å². The topological polar surface area (TPSA) is 92.5 Å². The van der Waals surface area contributed by atoms with Crippen LogP contribution in [-0.2, 0) is 20.9 Å². The van der Waals surface area contributed by atoms with E-state index < -0.39 is 41.4 Å². The predicted molar refractivity (Wildman–Crippen MR) is 92.0 cm³/mol. The minimum Gasteiger partial charge on any atom is -0.370 e. The number of hydrogen-bond acceptors (Lipinski definition) is 3. The average molecular weight is 393 g/mol. The predicted octanol–water partition coefficient (Wildman–Crippen LogP) is 1.41. The molecule has 2 atom stereocenters. The number of nitrogens with one attached hydrogen (secondary N) is 1. The van der Waals surface area contributed by atoms with Gasteiger partial charge in [0.05, 0.1) is 12.5 Å². The molecule has 3 rings (SSSR count). The quantitative estimate of drug-likeness (QED) is 0.741. The van der Waals surface area contributed by atoms with Crippen LogP contribution in [-0.4, -0.2) is 34.8 Å². The highest BCUT2D eigenvalue weighted by molar-refractivity contribution is 5.94. The van der Waals surface area contributed by atoms with Gasteiger partial charge in [-0.3, -0.25) is 14.4 Å². The molecule has 0 bridgehead atoms. The molecule has 0 radical (unpaired) electrons. The number of benzene rings is 1. The first-order chi connectivity index (χ1) is 13.1. The molecule has 0 spiro atoms. The molecule has 1 aromatic carbocycles. The standard InChI is InChI=1S/C19H18F3N3O3/c1-2-12(9-14(23)26)24-16(27)15-13-6-4-3-5-11(13)10-25(15)17(28)18(7-8-18)19(20,21)22/h1,3-6,12,15H,7-10H2,(H2,23,26)(H,24,27)/t12?,15-/m0/s1. The number of rotatable bonds is 5. The molecule has 2 aliphatic rings. The van der Waals surface area contributed by atoms with E-state index in [1.54, 1.807) is 24.3 Å². The average Bonchev–Trinajstić information content (AvgIpc) is 3.35. The third-order valence-corrected chi connectivity index (χ3v) is 5.14. The molecule has 28 heavy (non-hydrogen) atoms. The number of nitrogens with two attached hydrogens (primary N) is 1. The molecule has 6 nitrogen and oxygen atoms in total. The van der Waals surface area contributed by atoms with E-state index in [0.29, 0.717) is 11.1 Å². The van der Waals surface area contributed by atoms with Crippen LogP contribution in [0.15, 0.2) is 24.3 Å². The minimum absolute atomic E-state index is 0.110. The Morgan fingerprint density at radius 1 is 1.32 bits per heavy atom. The van der Waals surface area contributed by atoms with Gasteiger partial charge >= 0.3 is 6.18 Å². The van der Waals surface area contributed by atoms with Crippen molar-refractivity contribution in [1.29, 1.82) is 0 Å². The highest BCUT2D eigenvalue weighted by Crippen LogP contribution is 2.59. The van der Waals surface area contributed by atoms with Gasteiger partial charge in [0.1, 0.15) is 11.5 Å². The zero-order chi connectivity index (χ0) is 20.7. The van der Waals surface area contributed by atoms with Gasteiger partial charge in [0, 0.05) is 6.54 Å².